The van der Waals surface area contributed by atoms with Gasteiger partial charge in [0, 0.05) is 12.2 Å². The average Bonchev–Trinajstić information content (AvgIpc) is 2.64. The van der Waals surface area contributed by atoms with Crippen molar-refractivity contribution in [3.63, 3.8) is 0 Å². The molecule has 1 aliphatic heterocycles. The maximum absolute atomic E-state index is 12.7. The van der Waals surface area contributed by atoms with Crippen molar-refractivity contribution < 1.29 is 18.4 Å². The molecular weight excluding hydrogens is 330 g/mol. The van der Waals surface area contributed by atoms with E-state index in [1.165, 1.54) is 0 Å². The van der Waals surface area contributed by atoms with Crippen molar-refractivity contribution in [1.82, 2.24) is 15.3 Å². The van der Waals surface area contributed by atoms with E-state index >= 15 is 0 Å². The highest BCUT2D eigenvalue weighted by Gasteiger charge is 2.31. The van der Waals surface area contributed by atoms with Gasteiger partial charge >= 0.3 is 0 Å². The molecule has 1 atom stereocenters. The van der Waals surface area contributed by atoms with Crippen LogP contribution in [0.25, 0.3) is 0 Å². The molecule has 1 unspecified atom stereocenters. The third-order valence-corrected chi connectivity index (χ3v) is 3.96. The maximum atomic E-state index is 12.7. The number of benzene rings is 1. The number of anilines is 1. The summed E-state index contributed by atoms with van der Waals surface area (Å²) in [5.74, 6) is -0.897. The van der Waals surface area contributed by atoms with Crippen LogP contribution in [0.3, 0.4) is 0 Å². The minimum absolute atomic E-state index is 0.185. The fourth-order valence-corrected chi connectivity index (χ4v) is 2.72. The van der Waals surface area contributed by atoms with Gasteiger partial charge in [0.15, 0.2) is 0 Å². The van der Waals surface area contributed by atoms with Gasteiger partial charge in [-0.1, -0.05) is 18.2 Å². The number of amides is 2. The first-order valence-corrected chi connectivity index (χ1v) is 7.83. The van der Waals surface area contributed by atoms with Gasteiger partial charge in [-0.25, -0.2) is 18.7 Å². The molecule has 6 nitrogen and oxygen atoms in total. The van der Waals surface area contributed by atoms with E-state index in [-0.39, 0.29) is 11.6 Å². The number of carbonyl (C=O) groups excluding carboxylic acids is 2. The second-order valence-corrected chi connectivity index (χ2v) is 5.62. The van der Waals surface area contributed by atoms with E-state index in [0.717, 1.165) is 24.5 Å². The number of nitrogens with one attached hydrogen (secondary N) is 1. The number of alkyl halides is 2. The zero-order valence-electron chi connectivity index (χ0n) is 13.2. The highest BCUT2D eigenvalue weighted by atomic mass is 19.3. The molecule has 2 heterocycles. The van der Waals surface area contributed by atoms with Crippen LogP contribution in [0, 0.1) is 0 Å². The lowest BCUT2D eigenvalue weighted by Crippen LogP contribution is -2.52. The van der Waals surface area contributed by atoms with E-state index in [4.69, 9.17) is 0 Å². The third-order valence-electron chi connectivity index (χ3n) is 3.96. The molecule has 1 saturated heterocycles. The van der Waals surface area contributed by atoms with E-state index in [2.05, 4.69) is 15.3 Å². The van der Waals surface area contributed by atoms with Gasteiger partial charge in [0.25, 0.3) is 12.3 Å². The van der Waals surface area contributed by atoms with Crippen LogP contribution in [-0.4, -0.2) is 34.4 Å². The molecule has 1 aliphatic rings. The molecule has 1 N–H and O–H groups in total. The Kier molecular flexibility index (Phi) is 4.97. The summed E-state index contributed by atoms with van der Waals surface area (Å²) in [6, 6.07) is 9.37. The number of nitrogens with zero attached hydrogens (tertiary/aromatic N) is 3. The van der Waals surface area contributed by atoms with Gasteiger partial charge in [-0.2, -0.15) is 0 Å². The highest BCUT2D eigenvalue weighted by molar-refractivity contribution is 6.02. The summed E-state index contributed by atoms with van der Waals surface area (Å²) in [5, 5.41) is 2.59. The summed E-state index contributed by atoms with van der Waals surface area (Å²) in [4.78, 5) is 33.6. The first-order chi connectivity index (χ1) is 12.1. The molecule has 3 rings (SSSR count). The average molecular weight is 346 g/mol. The Hall–Kier alpha value is -2.90. The number of carbonyl (C=O) groups is 2. The monoisotopic (exact) mass is 346 g/mol. The van der Waals surface area contributed by atoms with Gasteiger partial charge in [-0.05, 0) is 31.0 Å². The summed E-state index contributed by atoms with van der Waals surface area (Å²) in [5.41, 5.74) is 0.0458. The van der Waals surface area contributed by atoms with E-state index in [9.17, 15) is 18.4 Å². The predicted molar refractivity (Wildman–Crippen MR) is 86.3 cm³/mol. The Balaban J connectivity index is 1.73. The summed E-state index contributed by atoms with van der Waals surface area (Å²) >= 11 is 0. The Morgan fingerprint density at radius 1 is 1.24 bits per heavy atom. The van der Waals surface area contributed by atoms with Crippen LogP contribution < -0.4 is 10.2 Å². The van der Waals surface area contributed by atoms with Gasteiger partial charge in [-0.15, -0.1) is 0 Å². The van der Waals surface area contributed by atoms with Crippen LogP contribution in [0.2, 0.25) is 0 Å². The SMILES string of the molecule is O=C(NC1CCCN(c2ccccc2)C1=O)c1cc(C(F)F)ncn1. The van der Waals surface area contributed by atoms with Gasteiger partial charge in [0.2, 0.25) is 5.91 Å². The van der Waals surface area contributed by atoms with Gasteiger partial charge in [0.1, 0.15) is 23.8 Å². The van der Waals surface area contributed by atoms with Crippen molar-refractivity contribution in [1.29, 1.82) is 0 Å². The fourth-order valence-electron chi connectivity index (χ4n) is 2.72. The number of hydrogen-bond donors (Lipinski definition) is 1. The van der Waals surface area contributed by atoms with E-state index < -0.39 is 24.1 Å². The van der Waals surface area contributed by atoms with Crippen LogP contribution in [0.5, 0.6) is 0 Å². The Morgan fingerprint density at radius 3 is 2.72 bits per heavy atom. The summed E-state index contributed by atoms with van der Waals surface area (Å²) in [7, 11) is 0. The Morgan fingerprint density at radius 2 is 2.00 bits per heavy atom. The topological polar surface area (TPSA) is 75.2 Å². The lowest BCUT2D eigenvalue weighted by Gasteiger charge is -2.32. The normalized spacial score (nSPS) is 17.6. The number of aromatic nitrogens is 2. The van der Waals surface area contributed by atoms with Gasteiger partial charge in [0.05, 0.1) is 0 Å². The lowest BCUT2D eigenvalue weighted by molar-refractivity contribution is -0.121. The molecule has 2 amide bonds. The van der Waals surface area contributed by atoms with Crippen LogP contribution >= 0.6 is 0 Å². The fraction of sp³-hybridized carbons (Fsp3) is 0.294. The van der Waals surface area contributed by atoms with Crippen molar-refractivity contribution in [2.24, 2.45) is 0 Å². The molecule has 2 aromatic rings. The molecule has 0 saturated carbocycles. The Labute approximate surface area is 142 Å². The summed E-state index contributed by atoms with van der Waals surface area (Å²) < 4.78 is 25.4. The van der Waals surface area contributed by atoms with Crippen LogP contribution in [-0.2, 0) is 4.79 Å². The van der Waals surface area contributed by atoms with Gasteiger partial charge < -0.3 is 10.2 Å². The largest absolute Gasteiger partial charge is 0.339 e. The highest BCUT2D eigenvalue weighted by Crippen LogP contribution is 2.21. The molecule has 8 heteroatoms. The molecule has 130 valence electrons. The van der Waals surface area contributed by atoms with Crippen molar-refractivity contribution in [3.05, 3.63) is 54.1 Å². The van der Waals surface area contributed by atoms with Crippen LogP contribution in [0.4, 0.5) is 14.5 Å². The minimum Gasteiger partial charge on any atom is -0.339 e. The number of para-hydroxylation sites is 1. The van der Waals surface area contributed by atoms with E-state index in [0.29, 0.717) is 13.0 Å². The van der Waals surface area contributed by atoms with Crippen molar-refractivity contribution in [3.8, 4) is 0 Å². The summed E-state index contributed by atoms with van der Waals surface area (Å²) in [6.45, 7) is 0.568. The van der Waals surface area contributed by atoms with Crippen molar-refractivity contribution >= 4 is 17.5 Å². The number of halogens is 2. The predicted octanol–water partition coefficient (Wildman–Crippen LogP) is 2.34. The van der Waals surface area contributed by atoms with Crippen LogP contribution in [0.15, 0.2) is 42.7 Å². The second kappa shape index (κ2) is 7.33. The molecule has 0 bridgehead atoms. The number of piperidine rings is 1. The molecule has 1 aromatic carbocycles. The zero-order chi connectivity index (χ0) is 17.8. The smallest absolute Gasteiger partial charge is 0.280 e. The number of rotatable bonds is 4. The molecular formula is C17H16F2N4O2. The first kappa shape index (κ1) is 16.9. The minimum atomic E-state index is -2.79. The Bertz CT molecular complexity index is 770. The molecule has 0 aliphatic carbocycles. The summed E-state index contributed by atoms with van der Waals surface area (Å²) in [6.07, 6.45) is -0.673. The van der Waals surface area contributed by atoms with Crippen molar-refractivity contribution in [2.45, 2.75) is 25.3 Å². The van der Waals surface area contributed by atoms with E-state index in [1.54, 1.807) is 4.90 Å². The molecule has 1 aromatic heterocycles. The standard InChI is InChI=1S/C17H16F2N4O2/c18-15(19)13-9-14(21-10-20-13)16(24)22-12-7-4-8-23(17(12)25)11-5-2-1-3-6-11/h1-3,5-6,9-10,12,15H,4,7-8H2,(H,22,24). The molecule has 0 radical (unpaired) electrons. The number of hydrogen-bond acceptors (Lipinski definition) is 4. The molecule has 0 spiro atoms. The molecule has 1 fully saturated rings. The van der Waals surface area contributed by atoms with Crippen molar-refractivity contribution in [2.75, 3.05) is 11.4 Å². The van der Waals surface area contributed by atoms with E-state index in [1.807, 2.05) is 30.3 Å². The maximum Gasteiger partial charge on any atom is 0.280 e. The van der Waals surface area contributed by atoms with Crippen LogP contribution in [0.1, 0.15) is 35.4 Å². The molecule has 25 heavy (non-hydrogen) atoms. The lowest BCUT2D eigenvalue weighted by atomic mass is 10.0. The zero-order valence-corrected chi connectivity index (χ0v) is 13.2. The first-order valence-electron chi connectivity index (χ1n) is 7.83. The quantitative estimate of drug-likeness (QED) is 0.922. The second-order valence-electron chi connectivity index (χ2n) is 5.62. The van der Waals surface area contributed by atoms with Gasteiger partial charge in [-0.3, -0.25) is 9.59 Å². The third kappa shape index (κ3) is 3.78.